The van der Waals surface area contributed by atoms with Crippen molar-refractivity contribution in [3.8, 4) is 5.75 Å². The van der Waals surface area contributed by atoms with Gasteiger partial charge in [-0.1, -0.05) is 6.07 Å². The number of rotatable bonds is 5. The maximum absolute atomic E-state index is 5.76. The Labute approximate surface area is 128 Å². The molecule has 1 atom stereocenters. The van der Waals surface area contributed by atoms with Crippen LogP contribution in [0.4, 0.5) is 11.9 Å². The molecule has 0 fully saturated rings. The van der Waals surface area contributed by atoms with E-state index in [2.05, 4.69) is 15.0 Å². The number of hydrogen-bond donors (Lipinski definition) is 1. The van der Waals surface area contributed by atoms with Gasteiger partial charge in [0.15, 0.2) is 0 Å². The lowest BCUT2D eigenvalue weighted by molar-refractivity contribution is 0.413. The van der Waals surface area contributed by atoms with Crippen molar-refractivity contribution in [1.29, 1.82) is 0 Å². The Hall–Kier alpha value is -2.02. The topological polar surface area (TPSA) is 77.2 Å². The third kappa shape index (κ3) is 3.98. The highest BCUT2D eigenvalue weighted by Crippen LogP contribution is 2.34. The molecule has 1 aromatic carbocycles. The molecule has 6 nitrogen and oxygen atoms in total. The van der Waals surface area contributed by atoms with Crippen LogP contribution >= 0.6 is 11.8 Å². The maximum Gasteiger partial charge on any atom is 0.229 e. The quantitative estimate of drug-likeness (QED) is 0.850. The van der Waals surface area contributed by atoms with Crippen LogP contribution in [-0.2, 0) is 0 Å². The van der Waals surface area contributed by atoms with Crippen molar-refractivity contribution in [3.05, 3.63) is 30.1 Å². The van der Waals surface area contributed by atoms with Gasteiger partial charge in [0, 0.05) is 19.0 Å². The van der Waals surface area contributed by atoms with Gasteiger partial charge in [0.1, 0.15) is 11.6 Å². The second-order valence-electron chi connectivity index (χ2n) is 4.69. The Balaban J connectivity index is 2.21. The van der Waals surface area contributed by atoms with Crippen molar-refractivity contribution in [3.63, 3.8) is 0 Å². The Morgan fingerprint density at radius 1 is 1.24 bits per heavy atom. The summed E-state index contributed by atoms with van der Waals surface area (Å²) < 4.78 is 5.23. The van der Waals surface area contributed by atoms with Gasteiger partial charge in [0.2, 0.25) is 11.9 Å². The molecule has 2 aromatic rings. The molecule has 0 aliphatic heterocycles. The van der Waals surface area contributed by atoms with E-state index in [-0.39, 0.29) is 11.2 Å². The highest BCUT2D eigenvalue weighted by Gasteiger charge is 2.14. The molecule has 1 heterocycles. The second-order valence-corrected chi connectivity index (χ2v) is 6.10. The van der Waals surface area contributed by atoms with Crippen LogP contribution in [0.5, 0.6) is 5.75 Å². The van der Waals surface area contributed by atoms with E-state index in [0.717, 1.165) is 10.6 Å². The molecular weight excluding hydrogens is 286 g/mol. The van der Waals surface area contributed by atoms with Crippen molar-refractivity contribution in [2.75, 3.05) is 31.8 Å². The van der Waals surface area contributed by atoms with E-state index >= 15 is 0 Å². The van der Waals surface area contributed by atoms with Crippen molar-refractivity contribution < 1.29 is 4.74 Å². The highest BCUT2D eigenvalue weighted by molar-refractivity contribution is 7.99. The fourth-order valence-corrected chi connectivity index (χ4v) is 2.67. The molecule has 1 aromatic heterocycles. The van der Waals surface area contributed by atoms with E-state index in [9.17, 15) is 0 Å². The molecule has 2 rings (SSSR count). The number of hydrogen-bond acceptors (Lipinski definition) is 7. The summed E-state index contributed by atoms with van der Waals surface area (Å²) in [4.78, 5) is 15.7. The van der Waals surface area contributed by atoms with E-state index in [1.54, 1.807) is 18.9 Å². The Morgan fingerprint density at radius 2 is 2.00 bits per heavy atom. The van der Waals surface area contributed by atoms with Crippen molar-refractivity contribution in [1.82, 2.24) is 15.0 Å². The lowest BCUT2D eigenvalue weighted by Crippen LogP contribution is -2.16. The van der Waals surface area contributed by atoms with Crippen molar-refractivity contribution in [2.24, 2.45) is 0 Å². The third-order valence-electron chi connectivity index (χ3n) is 2.78. The van der Waals surface area contributed by atoms with Crippen LogP contribution in [0.25, 0.3) is 0 Å². The molecule has 21 heavy (non-hydrogen) atoms. The van der Waals surface area contributed by atoms with E-state index in [0.29, 0.717) is 11.8 Å². The molecular formula is C14H19N5OS. The summed E-state index contributed by atoms with van der Waals surface area (Å²) in [6.45, 7) is 2.04. The number of aromatic nitrogens is 3. The van der Waals surface area contributed by atoms with Crippen LogP contribution in [0.1, 0.15) is 18.0 Å². The SMILES string of the molecule is COc1cccc(SC(C)c2nc(N)nc(N(C)C)n2)c1. The molecule has 112 valence electrons. The molecule has 0 saturated carbocycles. The minimum absolute atomic E-state index is 0.0566. The fourth-order valence-electron chi connectivity index (χ4n) is 1.71. The molecule has 0 amide bonds. The smallest absolute Gasteiger partial charge is 0.229 e. The first-order valence-corrected chi connectivity index (χ1v) is 7.37. The molecule has 0 aliphatic carbocycles. The first-order valence-electron chi connectivity index (χ1n) is 6.49. The highest BCUT2D eigenvalue weighted by atomic mass is 32.2. The van der Waals surface area contributed by atoms with E-state index in [4.69, 9.17) is 10.5 Å². The largest absolute Gasteiger partial charge is 0.497 e. The molecule has 1 unspecified atom stereocenters. The summed E-state index contributed by atoms with van der Waals surface area (Å²) in [5, 5.41) is 0.0566. The van der Waals surface area contributed by atoms with Gasteiger partial charge in [-0.25, -0.2) is 0 Å². The Bertz CT molecular complexity index is 620. The first-order chi connectivity index (χ1) is 9.99. The van der Waals surface area contributed by atoms with Crippen molar-refractivity contribution in [2.45, 2.75) is 17.1 Å². The zero-order chi connectivity index (χ0) is 15.4. The molecule has 0 spiro atoms. The minimum atomic E-state index is 0.0566. The van der Waals surface area contributed by atoms with Gasteiger partial charge in [-0.05, 0) is 25.1 Å². The number of ether oxygens (including phenoxy) is 1. The predicted octanol–water partition coefficient (Wildman–Crippen LogP) is 2.38. The average Bonchev–Trinajstić information content (AvgIpc) is 2.46. The molecule has 2 N–H and O–H groups in total. The van der Waals surface area contributed by atoms with Gasteiger partial charge in [0.25, 0.3) is 0 Å². The number of nitrogens with two attached hydrogens (primary N) is 1. The van der Waals surface area contributed by atoms with E-state index < -0.39 is 0 Å². The van der Waals surface area contributed by atoms with Gasteiger partial charge in [-0.3, -0.25) is 0 Å². The molecule has 0 saturated heterocycles. The fraction of sp³-hybridized carbons (Fsp3) is 0.357. The van der Waals surface area contributed by atoms with Crippen LogP contribution in [0.2, 0.25) is 0 Å². The monoisotopic (exact) mass is 305 g/mol. The standard InChI is InChI=1S/C14H19N5OS/c1-9(21-11-7-5-6-10(8-11)20-4)12-16-13(15)18-14(17-12)19(2)3/h5-9H,1-4H3,(H2,15,16,17,18). The van der Waals surface area contributed by atoms with E-state index in [1.165, 1.54) is 0 Å². The maximum atomic E-state index is 5.76. The lowest BCUT2D eigenvalue weighted by atomic mass is 10.3. The van der Waals surface area contributed by atoms with Gasteiger partial charge < -0.3 is 15.4 Å². The summed E-state index contributed by atoms with van der Waals surface area (Å²) in [6, 6.07) is 7.89. The molecule has 0 aliphatic rings. The lowest BCUT2D eigenvalue weighted by Gasteiger charge is -2.15. The van der Waals surface area contributed by atoms with Gasteiger partial charge >= 0.3 is 0 Å². The Morgan fingerprint density at radius 3 is 2.67 bits per heavy atom. The van der Waals surface area contributed by atoms with Gasteiger partial charge in [-0.15, -0.1) is 11.8 Å². The van der Waals surface area contributed by atoms with Crippen LogP contribution in [0.3, 0.4) is 0 Å². The minimum Gasteiger partial charge on any atom is -0.497 e. The normalized spacial score (nSPS) is 12.0. The molecule has 0 bridgehead atoms. The third-order valence-corrected chi connectivity index (χ3v) is 3.87. The average molecular weight is 305 g/mol. The predicted molar refractivity (Wildman–Crippen MR) is 85.8 cm³/mol. The van der Waals surface area contributed by atoms with E-state index in [1.807, 2.05) is 50.2 Å². The zero-order valence-electron chi connectivity index (χ0n) is 12.6. The van der Waals surface area contributed by atoms with Crippen LogP contribution in [0.15, 0.2) is 29.2 Å². The van der Waals surface area contributed by atoms with Crippen LogP contribution in [-0.4, -0.2) is 36.2 Å². The zero-order valence-corrected chi connectivity index (χ0v) is 13.4. The van der Waals surface area contributed by atoms with Gasteiger partial charge in [-0.2, -0.15) is 15.0 Å². The van der Waals surface area contributed by atoms with Gasteiger partial charge in [0.05, 0.1) is 12.4 Å². The molecule has 7 heteroatoms. The number of benzene rings is 1. The number of methoxy groups -OCH3 is 1. The van der Waals surface area contributed by atoms with Crippen molar-refractivity contribution >= 4 is 23.7 Å². The number of nitrogen functional groups attached to an aromatic ring is 1. The number of thioether (sulfide) groups is 1. The summed E-state index contributed by atoms with van der Waals surface area (Å²) >= 11 is 1.65. The summed E-state index contributed by atoms with van der Waals surface area (Å²) in [6.07, 6.45) is 0. The second kappa shape index (κ2) is 6.62. The summed E-state index contributed by atoms with van der Waals surface area (Å²) in [5.74, 6) is 2.30. The number of nitrogens with zero attached hydrogens (tertiary/aromatic N) is 4. The summed E-state index contributed by atoms with van der Waals surface area (Å²) in [7, 11) is 5.40. The molecule has 0 radical (unpaired) electrons. The summed E-state index contributed by atoms with van der Waals surface area (Å²) in [5.41, 5.74) is 5.76. The first kappa shape index (κ1) is 15.4. The number of anilines is 2. The Kier molecular flexibility index (Phi) is 4.85. The van der Waals surface area contributed by atoms with Crippen LogP contribution in [0, 0.1) is 0 Å². The van der Waals surface area contributed by atoms with Crippen LogP contribution < -0.4 is 15.4 Å².